The molecule has 4 heteroatoms. The van der Waals surface area contributed by atoms with Crippen molar-refractivity contribution in [1.82, 2.24) is 5.48 Å². The molecule has 0 saturated carbocycles. The zero-order valence-electron chi connectivity index (χ0n) is 6.74. The Balaban J connectivity index is 2.69. The van der Waals surface area contributed by atoms with Crippen LogP contribution in [0.3, 0.4) is 0 Å². The molecule has 0 heterocycles. The van der Waals surface area contributed by atoms with Crippen molar-refractivity contribution in [3.05, 3.63) is 23.8 Å². The Morgan fingerprint density at radius 2 is 2.08 bits per heavy atom. The minimum absolute atomic E-state index is 0.115. The molecule has 4 nitrogen and oxygen atoms in total. The number of phenolic OH excluding ortho intramolecular Hbond substituents is 2. The largest absolute Gasteiger partial charge is 0.504 e. The van der Waals surface area contributed by atoms with Crippen LogP contribution in [-0.2, 0) is 11.4 Å². The van der Waals surface area contributed by atoms with Gasteiger partial charge in [0.05, 0.1) is 7.11 Å². The van der Waals surface area contributed by atoms with E-state index in [1.165, 1.54) is 19.2 Å². The second-order valence-electron chi connectivity index (χ2n) is 2.35. The standard InChI is InChI=1S/C8H11NO3/c1-12-9-5-6-2-3-7(10)8(11)4-6/h2-4,9-11H,5H2,1H3. The zero-order chi connectivity index (χ0) is 8.97. The first-order valence-electron chi connectivity index (χ1n) is 3.50. The first-order valence-corrected chi connectivity index (χ1v) is 3.50. The lowest BCUT2D eigenvalue weighted by Crippen LogP contribution is -2.10. The Labute approximate surface area is 70.4 Å². The van der Waals surface area contributed by atoms with Gasteiger partial charge in [-0.1, -0.05) is 6.07 Å². The molecule has 0 atom stereocenters. The quantitative estimate of drug-likeness (QED) is 0.461. The van der Waals surface area contributed by atoms with Crippen LogP contribution in [-0.4, -0.2) is 17.3 Å². The molecule has 1 aromatic rings. The monoisotopic (exact) mass is 169 g/mol. The van der Waals surface area contributed by atoms with Gasteiger partial charge in [0.25, 0.3) is 0 Å². The minimum Gasteiger partial charge on any atom is -0.504 e. The van der Waals surface area contributed by atoms with Crippen LogP contribution < -0.4 is 5.48 Å². The van der Waals surface area contributed by atoms with Crippen LogP contribution in [0.1, 0.15) is 5.56 Å². The average Bonchev–Trinajstić information content (AvgIpc) is 2.07. The van der Waals surface area contributed by atoms with E-state index in [0.29, 0.717) is 6.54 Å². The van der Waals surface area contributed by atoms with Crippen molar-refractivity contribution in [3.63, 3.8) is 0 Å². The third kappa shape index (κ3) is 2.11. The van der Waals surface area contributed by atoms with E-state index >= 15 is 0 Å². The Morgan fingerprint density at radius 1 is 1.33 bits per heavy atom. The summed E-state index contributed by atoms with van der Waals surface area (Å²) in [5.41, 5.74) is 3.46. The number of aromatic hydroxyl groups is 2. The highest BCUT2D eigenvalue weighted by atomic mass is 16.6. The molecular weight excluding hydrogens is 158 g/mol. The topological polar surface area (TPSA) is 61.7 Å². The summed E-state index contributed by atoms with van der Waals surface area (Å²) in [7, 11) is 1.51. The summed E-state index contributed by atoms with van der Waals surface area (Å²) in [5.74, 6) is -0.235. The summed E-state index contributed by atoms with van der Waals surface area (Å²) in [6.07, 6.45) is 0. The number of hydrogen-bond donors (Lipinski definition) is 3. The van der Waals surface area contributed by atoms with E-state index in [2.05, 4.69) is 10.3 Å². The van der Waals surface area contributed by atoms with Gasteiger partial charge in [0.15, 0.2) is 11.5 Å². The van der Waals surface area contributed by atoms with Gasteiger partial charge in [0.2, 0.25) is 0 Å². The van der Waals surface area contributed by atoms with Crippen LogP contribution in [0, 0.1) is 0 Å². The van der Waals surface area contributed by atoms with Crippen molar-refractivity contribution in [2.45, 2.75) is 6.54 Å². The molecule has 12 heavy (non-hydrogen) atoms. The van der Waals surface area contributed by atoms with E-state index in [1.807, 2.05) is 0 Å². The summed E-state index contributed by atoms with van der Waals surface area (Å²) in [6.45, 7) is 0.490. The molecule has 1 rings (SSSR count). The van der Waals surface area contributed by atoms with Crippen molar-refractivity contribution in [2.75, 3.05) is 7.11 Å². The summed E-state index contributed by atoms with van der Waals surface area (Å²) in [5, 5.41) is 18.0. The number of nitrogens with one attached hydrogen (secondary N) is 1. The third-order valence-corrected chi connectivity index (χ3v) is 1.46. The fraction of sp³-hybridized carbons (Fsp3) is 0.250. The first kappa shape index (κ1) is 8.83. The molecule has 0 unspecified atom stereocenters. The van der Waals surface area contributed by atoms with Gasteiger partial charge in [-0.2, -0.15) is 5.48 Å². The van der Waals surface area contributed by atoms with E-state index < -0.39 is 0 Å². The van der Waals surface area contributed by atoms with Gasteiger partial charge < -0.3 is 15.1 Å². The number of benzene rings is 1. The average molecular weight is 169 g/mol. The van der Waals surface area contributed by atoms with E-state index in [-0.39, 0.29) is 11.5 Å². The molecule has 0 aromatic heterocycles. The van der Waals surface area contributed by atoms with Crippen molar-refractivity contribution in [1.29, 1.82) is 0 Å². The van der Waals surface area contributed by atoms with Crippen LogP contribution in [0.4, 0.5) is 0 Å². The van der Waals surface area contributed by atoms with Crippen LogP contribution in [0.2, 0.25) is 0 Å². The van der Waals surface area contributed by atoms with Crippen LogP contribution in [0.25, 0.3) is 0 Å². The highest BCUT2D eigenvalue weighted by Gasteiger charge is 1.99. The zero-order valence-corrected chi connectivity index (χ0v) is 6.74. The first-order chi connectivity index (χ1) is 5.74. The van der Waals surface area contributed by atoms with Gasteiger partial charge in [-0.05, 0) is 17.7 Å². The second kappa shape index (κ2) is 3.94. The normalized spacial score (nSPS) is 10.1. The summed E-state index contributed by atoms with van der Waals surface area (Å²) in [6, 6.07) is 4.60. The van der Waals surface area contributed by atoms with Crippen LogP contribution in [0.15, 0.2) is 18.2 Å². The van der Waals surface area contributed by atoms with Gasteiger partial charge in [0.1, 0.15) is 0 Å². The molecule has 0 aliphatic carbocycles. The summed E-state index contributed by atoms with van der Waals surface area (Å²) < 4.78 is 0. The minimum atomic E-state index is -0.120. The van der Waals surface area contributed by atoms with E-state index in [1.54, 1.807) is 6.07 Å². The lowest BCUT2D eigenvalue weighted by molar-refractivity contribution is 0.0866. The Kier molecular flexibility index (Phi) is 2.90. The second-order valence-corrected chi connectivity index (χ2v) is 2.35. The van der Waals surface area contributed by atoms with Gasteiger partial charge in [-0.25, -0.2) is 0 Å². The molecule has 66 valence electrons. The molecule has 1 aromatic carbocycles. The van der Waals surface area contributed by atoms with Crippen molar-refractivity contribution >= 4 is 0 Å². The number of rotatable bonds is 3. The maximum atomic E-state index is 9.08. The number of hydrogen-bond acceptors (Lipinski definition) is 4. The van der Waals surface area contributed by atoms with E-state index in [4.69, 9.17) is 10.2 Å². The SMILES string of the molecule is CONCc1ccc(O)c(O)c1. The van der Waals surface area contributed by atoms with Gasteiger partial charge in [-0.15, -0.1) is 0 Å². The Morgan fingerprint density at radius 3 is 2.67 bits per heavy atom. The van der Waals surface area contributed by atoms with E-state index in [9.17, 15) is 0 Å². The van der Waals surface area contributed by atoms with Gasteiger partial charge in [0, 0.05) is 6.54 Å². The molecule has 0 bridgehead atoms. The lowest BCUT2D eigenvalue weighted by atomic mass is 10.2. The molecule has 3 N–H and O–H groups in total. The lowest BCUT2D eigenvalue weighted by Gasteiger charge is -2.03. The molecular formula is C8H11NO3. The predicted octanol–water partition coefficient (Wildman–Crippen LogP) is 0.749. The van der Waals surface area contributed by atoms with Gasteiger partial charge in [-0.3, -0.25) is 0 Å². The summed E-state index contributed by atoms with van der Waals surface area (Å²) in [4.78, 5) is 4.62. The summed E-state index contributed by atoms with van der Waals surface area (Å²) >= 11 is 0. The molecule has 0 amide bonds. The molecule has 0 saturated heterocycles. The van der Waals surface area contributed by atoms with Crippen molar-refractivity contribution < 1.29 is 15.1 Å². The Bertz CT molecular complexity index is 262. The fourth-order valence-corrected chi connectivity index (χ4v) is 0.834. The molecule has 0 spiro atoms. The van der Waals surface area contributed by atoms with Gasteiger partial charge >= 0.3 is 0 Å². The molecule has 0 fully saturated rings. The van der Waals surface area contributed by atoms with Crippen LogP contribution >= 0.6 is 0 Å². The maximum absolute atomic E-state index is 9.08. The highest BCUT2D eigenvalue weighted by Crippen LogP contribution is 2.24. The van der Waals surface area contributed by atoms with Crippen molar-refractivity contribution in [2.24, 2.45) is 0 Å². The molecule has 0 aliphatic heterocycles. The number of phenols is 2. The third-order valence-electron chi connectivity index (χ3n) is 1.46. The van der Waals surface area contributed by atoms with Crippen molar-refractivity contribution in [3.8, 4) is 11.5 Å². The molecule has 0 radical (unpaired) electrons. The Hall–Kier alpha value is -1.26. The smallest absolute Gasteiger partial charge is 0.157 e. The fourth-order valence-electron chi connectivity index (χ4n) is 0.834. The predicted molar refractivity (Wildman–Crippen MR) is 43.6 cm³/mol. The number of hydroxylamine groups is 1. The van der Waals surface area contributed by atoms with Crippen LogP contribution in [0.5, 0.6) is 11.5 Å². The molecule has 0 aliphatic rings. The highest BCUT2D eigenvalue weighted by molar-refractivity contribution is 5.40. The maximum Gasteiger partial charge on any atom is 0.157 e. The van der Waals surface area contributed by atoms with E-state index in [0.717, 1.165) is 5.56 Å².